The van der Waals surface area contributed by atoms with Gasteiger partial charge in [-0.15, -0.1) is 5.10 Å². The number of rotatable bonds is 4. The van der Waals surface area contributed by atoms with Crippen LogP contribution in [0.2, 0.25) is 5.02 Å². The number of aromatic nitrogens is 2. The maximum atomic E-state index is 6.00. The van der Waals surface area contributed by atoms with Gasteiger partial charge >= 0.3 is 0 Å². The van der Waals surface area contributed by atoms with Gasteiger partial charge in [-0.25, -0.2) is 0 Å². The lowest BCUT2D eigenvalue weighted by Crippen LogP contribution is -2.01. The third-order valence-electron chi connectivity index (χ3n) is 2.04. The molecule has 1 aromatic carbocycles. The average Bonchev–Trinajstić information content (AvgIpc) is 2.79. The molecule has 2 aromatic rings. The smallest absolute Gasteiger partial charge is 0.160 e. The number of benzene rings is 1. The number of methoxy groups -OCH3 is 1. The first-order valence-corrected chi connectivity index (χ1v) is 5.85. The summed E-state index contributed by atoms with van der Waals surface area (Å²) in [6, 6.07) is 5.56. The van der Waals surface area contributed by atoms with Gasteiger partial charge in [0.25, 0.3) is 0 Å². The quantitative estimate of drug-likeness (QED) is 0.913. The number of nitrogens with one attached hydrogen (secondary N) is 1. The summed E-state index contributed by atoms with van der Waals surface area (Å²) in [5.74, 6) is 0.646. The number of halogens is 1. The Bertz CT molecular complexity index is 461. The predicted molar refractivity (Wildman–Crippen MR) is 65.2 cm³/mol. The highest BCUT2D eigenvalue weighted by molar-refractivity contribution is 7.03. The molecule has 2 rings (SSSR count). The molecule has 0 unspecified atom stereocenters. The molecule has 1 N–H and O–H groups in total. The normalized spacial score (nSPS) is 10.1. The highest BCUT2D eigenvalue weighted by Gasteiger charge is 2.06. The minimum absolute atomic E-state index is 0.587. The van der Waals surface area contributed by atoms with Crippen molar-refractivity contribution in [1.82, 2.24) is 9.59 Å². The van der Waals surface area contributed by atoms with E-state index in [0.29, 0.717) is 17.3 Å². The van der Waals surface area contributed by atoms with Crippen LogP contribution < -0.4 is 10.1 Å². The number of para-hydroxylation sites is 1. The van der Waals surface area contributed by atoms with Crippen LogP contribution in [-0.4, -0.2) is 16.7 Å². The number of ether oxygens (including phenoxy) is 1. The van der Waals surface area contributed by atoms with E-state index in [0.717, 1.165) is 11.4 Å². The molecule has 0 saturated heterocycles. The Balaban J connectivity index is 2.12. The van der Waals surface area contributed by atoms with E-state index >= 15 is 0 Å². The third-order valence-corrected chi connectivity index (χ3v) is 2.89. The van der Waals surface area contributed by atoms with Gasteiger partial charge in [0, 0.05) is 5.38 Å². The maximum absolute atomic E-state index is 6.00. The van der Waals surface area contributed by atoms with Crippen LogP contribution in [0.25, 0.3) is 0 Å². The molecule has 84 valence electrons. The fraction of sp³-hybridized carbons (Fsp3) is 0.200. The molecule has 0 fully saturated rings. The molecule has 0 aliphatic heterocycles. The zero-order valence-corrected chi connectivity index (χ0v) is 10.2. The second-order valence-corrected chi connectivity index (χ2v) is 4.09. The summed E-state index contributed by atoms with van der Waals surface area (Å²) in [6.07, 6.45) is 0. The number of hydrogen-bond acceptors (Lipinski definition) is 5. The van der Waals surface area contributed by atoms with E-state index in [2.05, 4.69) is 14.9 Å². The zero-order chi connectivity index (χ0) is 11.4. The molecule has 0 atom stereocenters. The van der Waals surface area contributed by atoms with E-state index in [1.807, 2.05) is 17.5 Å². The van der Waals surface area contributed by atoms with Crippen molar-refractivity contribution in [3.8, 4) is 5.75 Å². The van der Waals surface area contributed by atoms with Crippen molar-refractivity contribution in [3.05, 3.63) is 34.3 Å². The van der Waals surface area contributed by atoms with Gasteiger partial charge in [0.05, 0.1) is 30.1 Å². The molecule has 0 aliphatic rings. The molecule has 6 heteroatoms. The molecule has 4 nitrogen and oxygen atoms in total. The third kappa shape index (κ3) is 2.43. The molecule has 0 radical (unpaired) electrons. The van der Waals surface area contributed by atoms with E-state index in [9.17, 15) is 0 Å². The summed E-state index contributed by atoms with van der Waals surface area (Å²) in [5, 5.41) is 9.62. The van der Waals surface area contributed by atoms with E-state index in [-0.39, 0.29) is 0 Å². The largest absolute Gasteiger partial charge is 0.493 e. The molecule has 1 aromatic heterocycles. The topological polar surface area (TPSA) is 47.0 Å². The van der Waals surface area contributed by atoms with Gasteiger partial charge in [-0.3, -0.25) is 0 Å². The average molecular weight is 256 g/mol. The van der Waals surface area contributed by atoms with Crippen molar-refractivity contribution in [1.29, 1.82) is 0 Å². The monoisotopic (exact) mass is 255 g/mol. The predicted octanol–water partition coefficient (Wildman–Crippen LogP) is 2.81. The van der Waals surface area contributed by atoms with Gasteiger partial charge in [0.1, 0.15) is 0 Å². The van der Waals surface area contributed by atoms with Crippen LogP contribution in [0.4, 0.5) is 5.69 Å². The van der Waals surface area contributed by atoms with Crippen molar-refractivity contribution >= 4 is 28.8 Å². The minimum Gasteiger partial charge on any atom is -0.493 e. The lowest BCUT2D eigenvalue weighted by atomic mass is 10.3. The lowest BCUT2D eigenvalue weighted by Gasteiger charge is -2.11. The SMILES string of the molecule is COc1c(Cl)cccc1NCc1csnn1. The number of hydrogen-bond donors (Lipinski definition) is 1. The van der Waals surface area contributed by atoms with Crippen LogP contribution in [-0.2, 0) is 6.54 Å². The Labute approximate surface area is 102 Å². The molecular weight excluding hydrogens is 246 g/mol. The van der Waals surface area contributed by atoms with Gasteiger partial charge in [0.15, 0.2) is 5.75 Å². The number of nitrogens with zero attached hydrogens (tertiary/aromatic N) is 2. The standard InChI is InChI=1S/C10H10ClN3OS/c1-15-10-8(11)3-2-4-9(10)12-5-7-6-16-14-13-7/h2-4,6,12H,5H2,1H3. The van der Waals surface area contributed by atoms with Gasteiger partial charge in [-0.05, 0) is 23.7 Å². The van der Waals surface area contributed by atoms with Crippen molar-refractivity contribution < 1.29 is 4.74 Å². The van der Waals surface area contributed by atoms with Gasteiger partial charge in [-0.2, -0.15) is 0 Å². The fourth-order valence-corrected chi connectivity index (χ4v) is 2.01. The van der Waals surface area contributed by atoms with Crippen LogP contribution in [0.3, 0.4) is 0 Å². The second kappa shape index (κ2) is 5.14. The molecule has 0 saturated carbocycles. The summed E-state index contributed by atoms with van der Waals surface area (Å²) < 4.78 is 9.01. The minimum atomic E-state index is 0.587. The summed E-state index contributed by atoms with van der Waals surface area (Å²) in [6.45, 7) is 0.604. The fourth-order valence-electron chi connectivity index (χ4n) is 1.30. The highest BCUT2D eigenvalue weighted by Crippen LogP contribution is 2.32. The Kier molecular flexibility index (Phi) is 3.58. The molecule has 1 heterocycles. The first-order valence-electron chi connectivity index (χ1n) is 4.63. The van der Waals surface area contributed by atoms with Crippen LogP contribution in [0.15, 0.2) is 23.6 Å². The molecule has 0 aliphatic carbocycles. The number of anilines is 1. The Hall–Kier alpha value is -1.33. The summed E-state index contributed by atoms with van der Waals surface area (Å²) in [7, 11) is 1.59. The molecule has 0 spiro atoms. The second-order valence-electron chi connectivity index (χ2n) is 3.07. The lowest BCUT2D eigenvalue weighted by molar-refractivity contribution is 0.416. The van der Waals surface area contributed by atoms with Crippen molar-refractivity contribution in [2.45, 2.75) is 6.54 Å². The van der Waals surface area contributed by atoms with E-state index in [1.165, 1.54) is 11.5 Å². The molecule has 0 amide bonds. The van der Waals surface area contributed by atoms with Crippen molar-refractivity contribution in [2.75, 3.05) is 12.4 Å². The van der Waals surface area contributed by atoms with Crippen LogP contribution in [0.5, 0.6) is 5.75 Å². The molecule has 0 bridgehead atoms. The Morgan fingerprint density at radius 1 is 1.50 bits per heavy atom. The van der Waals surface area contributed by atoms with E-state index in [1.54, 1.807) is 13.2 Å². The summed E-state index contributed by atoms with van der Waals surface area (Å²) in [4.78, 5) is 0. The zero-order valence-electron chi connectivity index (χ0n) is 8.61. The van der Waals surface area contributed by atoms with Crippen LogP contribution in [0, 0.1) is 0 Å². The maximum Gasteiger partial charge on any atom is 0.160 e. The van der Waals surface area contributed by atoms with Crippen molar-refractivity contribution in [3.63, 3.8) is 0 Å². The molecule has 16 heavy (non-hydrogen) atoms. The summed E-state index contributed by atoms with van der Waals surface area (Å²) in [5.41, 5.74) is 1.75. The Morgan fingerprint density at radius 2 is 2.38 bits per heavy atom. The van der Waals surface area contributed by atoms with Gasteiger partial charge < -0.3 is 10.1 Å². The molecular formula is C10H10ClN3OS. The van der Waals surface area contributed by atoms with E-state index < -0.39 is 0 Å². The Morgan fingerprint density at radius 3 is 3.06 bits per heavy atom. The van der Waals surface area contributed by atoms with Gasteiger partial charge in [-0.1, -0.05) is 22.2 Å². The van der Waals surface area contributed by atoms with E-state index in [4.69, 9.17) is 16.3 Å². The van der Waals surface area contributed by atoms with Gasteiger partial charge in [0.2, 0.25) is 0 Å². The van der Waals surface area contributed by atoms with Crippen molar-refractivity contribution in [2.24, 2.45) is 0 Å². The van der Waals surface area contributed by atoms with Crippen LogP contribution >= 0.6 is 23.1 Å². The first kappa shape index (κ1) is 11.2. The summed E-state index contributed by atoms with van der Waals surface area (Å²) >= 11 is 7.33. The highest BCUT2D eigenvalue weighted by atomic mass is 35.5. The first-order chi connectivity index (χ1) is 7.81. The van der Waals surface area contributed by atoms with Crippen LogP contribution in [0.1, 0.15) is 5.69 Å².